The van der Waals surface area contributed by atoms with Crippen LogP contribution in [0.1, 0.15) is 18.7 Å². The summed E-state index contributed by atoms with van der Waals surface area (Å²) in [7, 11) is -18.3. The second-order valence-electron chi connectivity index (χ2n) is 16.5. The van der Waals surface area contributed by atoms with E-state index in [0.717, 1.165) is 36.6 Å². The van der Waals surface area contributed by atoms with Gasteiger partial charge in [0.2, 0.25) is 11.7 Å². The molecule has 16 atom stereocenters. The number of phosphoric acid groups is 4. The molecule has 414 valence electrons. The maximum Gasteiger partial charge on any atom is 0.490 e. The SMILES string of the molecule is COC[C@H]1[C@@H](OC)[C@H]([n+]2cn(C)c3c(=O)[nH]c(N)nc32)O[C@@H]1COP(=O)(O)OP(=O)(O)OP(=O)(O)OC[C@H]1O[C@@H](n2cnc3c(N)ncnc32)[C@H](OC)[C@@H]1OP(=O)([O-])OC[C@H]1O[C@@H](n2ccc(=O)[nH]c2=O)[C@H](O)[C@@H]1O. The van der Waals surface area contributed by atoms with Crippen molar-refractivity contribution in [3.05, 3.63) is 62.4 Å². The van der Waals surface area contributed by atoms with Crippen LogP contribution >= 0.6 is 31.3 Å². The molecule has 5 aromatic rings. The molecule has 0 spiro atoms. The number of nitrogens with two attached hydrogens (primary N) is 2. The number of anilines is 2. The topological polar surface area (TPSA) is 508 Å². The molecule has 0 amide bonds. The van der Waals surface area contributed by atoms with E-state index in [1.54, 1.807) is 7.05 Å². The number of hydrogen-bond acceptors (Lipinski definition) is 28. The zero-order valence-corrected chi connectivity index (χ0v) is 42.6. The van der Waals surface area contributed by atoms with E-state index in [-0.39, 0.29) is 40.7 Å². The van der Waals surface area contributed by atoms with E-state index in [0.29, 0.717) is 0 Å². The van der Waals surface area contributed by atoms with Gasteiger partial charge in [0.1, 0.15) is 54.6 Å². The molecule has 0 saturated carbocycles. The fraction of sp³-hybridized carbons (Fsp3) is 0.588. The van der Waals surface area contributed by atoms with Crippen molar-refractivity contribution in [1.29, 1.82) is 0 Å². The van der Waals surface area contributed by atoms with Crippen LogP contribution in [-0.2, 0) is 80.4 Å². The summed E-state index contributed by atoms with van der Waals surface area (Å²) in [6.45, 7) is -3.34. The van der Waals surface area contributed by atoms with Crippen molar-refractivity contribution in [3.63, 3.8) is 0 Å². The summed E-state index contributed by atoms with van der Waals surface area (Å²) in [5.74, 6) is -1.12. The minimum Gasteiger partial charge on any atom is -0.756 e. The van der Waals surface area contributed by atoms with Gasteiger partial charge in [0, 0.05) is 39.5 Å². The first-order valence-electron chi connectivity index (χ1n) is 21.5. The maximum absolute atomic E-state index is 13.5. The summed E-state index contributed by atoms with van der Waals surface area (Å²) in [5.41, 5.74) is 9.51. The molecular weight excluding hydrogens is 1100 g/mol. The third kappa shape index (κ3) is 12.1. The lowest BCUT2D eigenvalue weighted by Gasteiger charge is -2.31. The minimum absolute atomic E-state index is 0.000134. The molecule has 0 aliphatic carbocycles. The number of nitrogen functional groups attached to an aromatic ring is 2. The molecule has 3 fully saturated rings. The van der Waals surface area contributed by atoms with E-state index in [1.807, 2.05) is 4.98 Å². The van der Waals surface area contributed by atoms with Crippen LogP contribution in [0, 0.1) is 5.92 Å². The van der Waals surface area contributed by atoms with Gasteiger partial charge in [0.15, 0.2) is 30.2 Å². The van der Waals surface area contributed by atoms with Crippen LogP contribution in [0.25, 0.3) is 22.3 Å². The number of aliphatic hydroxyl groups excluding tert-OH is 2. The van der Waals surface area contributed by atoms with Crippen LogP contribution in [0.3, 0.4) is 0 Å². The van der Waals surface area contributed by atoms with Crippen LogP contribution in [-0.4, -0.2) is 165 Å². The number of fused-ring (bicyclic) bond motifs is 2. The lowest BCUT2D eigenvalue weighted by atomic mass is 9.99. The molecular formula is C34H48N12O25P4. The van der Waals surface area contributed by atoms with E-state index in [9.17, 15) is 62.4 Å². The van der Waals surface area contributed by atoms with Gasteiger partial charge >= 0.3 is 34.8 Å². The van der Waals surface area contributed by atoms with Crippen molar-refractivity contribution < 1.29 is 108 Å². The second kappa shape index (κ2) is 22.0. The quantitative estimate of drug-likeness (QED) is 0.0236. The number of aliphatic hydroxyl groups is 2. The van der Waals surface area contributed by atoms with Crippen LogP contribution in [0.2, 0.25) is 0 Å². The molecule has 11 N–H and O–H groups in total. The lowest BCUT2D eigenvalue weighted by Crippen LogP contribution is -2.46. The molecule has 8 heterocycles. The van der Waals surface area contributed by atoms with Crippen molar-refractivity contribution in [2.75, 3.05) is 59.2 Å². The number of aromatic amines is 2. The molecule has 3 aliphatic heterocycles. The zero-order valence-electron chi connectivity index (χ0n) is 39.1. The molecule has 37 nitrogen and oxygen atoms in total. The van der Waals surface area contributed by atoms with Crippen LogP contribution in [0.15, 0.2) is 45.6 Å². The molecule has 41 heteroatoms. The average Bonchev–Trinajstić information content (AvgIpc) is 4.13. The Morgan fingerprint density at radius 3 is 2.09 bits per heavy atom. The van der Waals surface area contributed by atoms with Gasteiger partial charge in [-0.05, 0) is 0 Å². The highest BCUT2D eigenvalue weighted by molar-refractivity contribution is 7.66. The summed E-state index contributed by atoms with van der Waals surface area (Å²) in [6, 6.07) is 0.919. The van der Waals surface area contributed by atoms with Crippen LogP contribution in [0.4, 0.5) is 11.8 Å². The van der Waals surface area contributed by atoms with Gasteiger partial charge < -0.3 is 78.7 Å². The molecule has 3 saturated heterocycles. The second-order valence-corrected chi connectivity index (χ2v) is 22.5. The number of aryl methyl sites for hydroxylation is 1. The summed E-state index contributed by atoms with van der Waals surface area (Å²) in [4.78, 5) is 102. The number of methoxy groups -OCH3 is 3. The fourth-order valence-electron chi connectivity index (χ4n) is 8.54. The molecule has 4 unspecified atom stereocenters. The molecule has 0 aromatic carbocycles. The standard InChI is InChI=1S/C34H48N12O25P4/c1-43-13-46(28-20(43)29(50)42-33(36)41-28)31-23(61-3)14(7-60-2)15(66-31)8-64-73(54,55)70-75(58,59)71-74(56,57)65-10-17-24(25(62-4)32(68-17)45-12-39-19-26(35)37-11-38-27(19)45)69-72(52,53)63-9-16-21(48)22(49)30(67-16)44-6-5-18(47)40-34(44)51/h5-6,11-17,21-25,30-32,48-49H,7-10H2,1-4H3,(H9-,35,36,37,38,40,41,42,47,50,51,52,53,54,55,56,57,58,59)/t14-,15-,16-,17-,21-,22-,23-,24-,25-,30-,31-,32-/m1/s1. The number of nitrogens with zero attached hydrogens (tertiary/aromatic N) is 8. The molecule has 0 radical (unpaired) electrons. The van der Waals surface area contributed by atoms with Crippen molar-refractivity contribution >= 4 is 65.4 Å². The van der Waals surface area contributed by atoms with E-state index in [2.05, 4.69) is 33.5 Å². The Morgan fingerprint density at radius 1 is 0.787 bits per heavy atom. The summed E-state index contributed by atoms with van der Waals surface area (Å²) < 4.78 is 121. The summed E-state index contributed by atoms with van der Waals surface area (Å²) >= 11 is 0. The normalized spacial score (nSPS) is 30.4. The zero-order chi connectivity index (χ0) is 54.5. The lowest BCUT2D eigenvalue weighted by molar-refractivity contribution is -0.746. The number of ether oxygens (including phenoxy) is 6. The Kier molecular flexibility index (Phi) is 16.6. The van der Waals surface area contributed by atoms with Crippen LogP contribution < -0.4 is 37.7 Å². The van der Waals surface area contributed by atoms with E-state index in [1.165, 1.54) is 34.2 Å². The third-order valence-electron chi connectivity index (χ3n) is 11.7. The van der Waals surface area contributed by atoms with E-state index in [4.69, 9.17) is 58.0 Å². The van der Waals surface area contributed by atoms with E-state index < -0.39 is 141 Å². The highest BCUT2D eigenvalue weighted by Gasteiger charge is 2.53. The van der Waals surface area contributed by atoms with Crippen molar-refractivity contribution in [3.8, 4) is 0 Å². The third-order valence-corrected chi connectivity index (χ3v) is 17.0. The monoisotopic (exact) mass is 1150 g/mol. The van der Waals surface area contributed by atoms with Crippen LogP contribution in [0.5, 0.6) is 0 Å². The number of aromatic nitrogens is 10. The first-order chi connectivity index (χ1) is 35.3. The number of H-pyrrole nitrogens is 2. The Bertz CT molecular complexity index is 3280. The van der Waals surface area contributed by atoms with Gasteiger partial charge in [-0.1, -0.05) is 4.98 Å². The Morgan fingerprint density at radius 2 is 1.44 bits per heavy atom. The average molecular weight is 1150 g/mol. The van der Waals surface area contributed by atoms with Gasteiger partial charge in [-0.3, -0.25) is 46.9 Å². The highest BCUT2D eigenvalue weighted by atomic mass is 31.3. The predicted octanol–water partition coefficient (Wildman–Crippen LogP) is -3.95. The van der Waals surface area contributed by atoms with Crippen molar-refractivity contribution in [1.82, 2.24) is 43.6 Å². The smallest absolute Gasteiger partial charge is 0.490 e. The molecule has 8 rings (SSSR count). The maximum atomic E-state index is 13.5. The number of rotatable bonds is 22. The molecule has 0 bridgehead atoms. The highest BCUT2D eigenvalue weighted by Crippen LogP contribution is 2.68. The van der Waals surface area contributed by atoms with Crippen molar-refractivity contribution in [2.24, 2.45) is 13.0 Å². The number of phosphoric ester groups is 3. The largest absolute Gasteiger partial charge is 0.756 e. The Balaban J connectivity index is 0.944. The number of imidazole rings is 2. The Labute approximate surface area is 418 Å². The fourth-order valence-corrected chi connectivity index (χ4v) is 13.0. The van der Waals surface area contributed by atoms with Gasteiger partial charge in [-0.15, -0.1) is 0 Å². The molecule has 75 heavy (non-hydrogen) atoms. The summed E-state index contributed by atoms with van der Waals surface area (Å²) in [5, 5.41) is 21.2. The van der Waals surface area contributed by atoms with Gasteiger partial charge in [0.05, 0.1) is 45.9 Å². The molecule has 3 aliphatic rings. The number of nitrogens with one attached hydrogen (secondary N) is 2. The minimum atomic E-state index is -6.17. The van der Waals surface area contributed by atoms with E-state index >= 15 is 0 Å². The van der Waals surface area contributed by atoms with Gasteiger partial charge in [-0.2, -0.15) is 8.62 Å². The van der Waals surface area contributed by atoms with Crippen molar-refractivity contribution in [2.45, 2.75) is 67.5 Å². The molecule has 5 aromatic heterocycles. The first kappa shape index (κ1) is 56.6. The first-order valence-corrected chi connectivity index (χ1v) is 27.4. The number of hydrogen-bond donors (Lipinski definition) is 9. The predicted molar refractivity (Wildman–Crippen MR) is 240 cm³/mol. The van der Waals surface area contributed by atoms with Gasteiger partial charge in [0.25, 0.3) is 24.9 Å². The van der Waals surface area contributed by atoms with Gasteiger partial charge in [-0.25, -0.2) is 38.0 Å². The summed E-state index contributed by atoms with van der Waals surface area (Å²) in [6.07, 6.45) is -12.5. The Hall–Kier alpha value is -4.62.